The zero-order valence-electron chi connectivity index (χ0n) is 18.2. The number of carboxylic acid groups (broad SMARTS) is 1. The van der Waals surface area contributed by atoms with E-state index < -0.39 is 5.97 Å². The van der Waals surface area contributed by atoms with Crippen LogP contribution in [-0.2, 0) is 17.9 Å². The second-order valence-corrected chi connectivity index (χ2v) is 7.47. The molecular formula is C24H24N7O3+. The summed E-state index contributed by atoms with van der Waals surface area (Å²) in [5.41, 5.74) is 14.9. The van der Waals surface area contributed by atoms with Gasteiger partial charge < -0.3 is 20.9 Å². The Balaban J connectivity index is 1.56. The molecule has 0 radical (unpaired) electrons. The summed E-state index contributed by atoms with van der Waals surface area (Å²) in [6.45, 7) is 0.114. The van der Waals surface area contributed by atoms with E-state index in [9.17, 15) is 4.79 Å². The Kier molecular flexibility index (Phi) is 6.40. The van der Waals surface area contributed by atoms with E-state index in [1.807, 2.05) is 54.6 Å². The molecule has 0 unspecified atom stereocenters. The third-order valence-corrected chi connectivity index (χ3v) is 4.89. The molecule has 0 aliphatic rings. The van der Waals surface area contributed by atoms with Crippen LogP contribution in [0.3, 0.4) is 0 Å². The Morgan fingerprint density at radius 3 is 2.47 bits per heavy atom. The monoisotopic (exact) mass is 458 g/mol. The molecular weight excluding hydrogens is 434 g/mol. The molecule has 2 aromatic heterocycles. The van der Waals surface area contributed by atoms with Gasteiger partial charge in [0.2, 0.25) is 0 Å². The highest BCUT2D eigenvalue weighted by atomic mass is 16.5. The van der Waals surface area contributed by atoms with Gasteiger partial charge in [0.1, 0.15) is 29.4 Å². The summed E-state index contributed by atoms with van der Waals surface area (Å²) in [5.74, 6) is 0.988. The number of nitrogens with two attached hydrogens (primary N) is 3. The summed E-state index contributed by atoms with van der Waals surface area (Å²) < 4.78 is 7.20. The molecule has 2 heterocycles. The van der Waals surface area contributed by atoms with Crippen LogP contribution in [0.25, 0.3) is 11.3 Å². The summed E-state index contributed by atoms with van der Waals surface area (Å²) >= 11 is 0. The minimum absolute atomic E-state index is 0.0589. The van der Waals surface area contributed by atoms with Crippen molar-refractivity contribution in [3.05, 3.63) is 84.2 Å². The van der Waals surface area contributed by atoms with Crippen LogP contribution < -0.4 is 26.9 Å². The van der Waals surface area contributed by atoms with E-state index in [0.29, 0.717) is 40.8 Å². The molecule has 0 aliphatic heterocycles. The van der Waals surface area contributed by atoms with E-state index in [4.69, 9.17) is 26.7 Å². The molecule has 0 fully saturated rings. The highest BCUT2D eigenvalue weighted by molar-refractivity contribution is 6.04. The zero-order chi connectivity index (χ0) is 24.1. The molecule has 0 saturated carbocycles. The van der Waals surface area contributed by atoms with Crippen LogP contribution in [0.5, 0.6) is 11.5 Å². The number of nitrogens with one attached hydrogen (secondary N) is 1. The van der Waals surface area contributed by atoms with Crippen molar-refractivity contribution in [2.24, 2.45) is 5.73 Å². The number of hydrogen-bond donors (Lipinski definition) is 5. The van der Waals surface area contributed by atoms with Crippen LogP contribution in [0, 0.1) is 0 Å². The summed E-state index contributed by atoms with van der Waals surface area (Å²) in [7, 11) is 0. The Morgan fingerprint density at radius 1 is 1.09 bits per heavy atom. The predicted molar refractivity (Wildman–Crippen MR) is 128 cm³/mol. The second kappa shape index (κ2) is 9.74. The summed E-state index contributed by atoms with van der Waals surface area (Å²) in [4.78, 5) is 15.5. The van der Waals surface area contributed by atoms with Gasteiger partial charge in [0.05, 0.1) is 23.6 Å². The first-order valence-corrected chi connectivity index (χ1v) is 10.4. The summed E-state index contributed by atoms with van der Waals surface area (Å²) in [5, 5.41) is 22.2. The minimum Gasteiger partial charge on any atom is -0.480 e. The largest absolute Gasteiger partial charge is 0.480 e. The number of anilines is 2. The Hall–Kier alpha value is -4.86. The van der Waals surface area contributed by atoms with E-state index >= 15 is 0 Å². The number of carbonyl (C=O) groups is 1. The molecule has 0 bridgehead atoms. The van der Waals surface area contributed by atoms with Crippen LogP contribution in [0.1, 0.15) is 11.3 Å². The van der Waals surface area contributed by atoms with Crippen LogP contribution in [0.15, 0.2) is 72.9 Å². The smallest absolute Gasteiger partial charge is 0.325 e. The van der Waals surface area contributed by atoms with Gasteiger partial charge in [0.15, 0.2) is 0 Å². The number of nitrogens with zero attached hydrogens (tertiary/aromatic N) is 3. The molecule has 2 aromatic carbocycles. The van der Waals surface area contributed by atoms with Crippen molar-refractivity contribution in [1.29, 1.82) is 0 Å². The maximum atomic E-state index is 10.8. The number of aliphatic carboxylic acids is 1. The molecule has 0 saturated heterocycles. The molecule has 172 valence electrons. The average molecular weight is 459 g/mol. The molecule has 0 aliphatic carbocycles. The standard InChI is InChI=1S/C24H23N7O3/c25-19-12-20(28-13-16-10-11-31(30-16)14-21(32)33)29-23(22(19)24(26)27)15-6-8-18(9-7-15)34-17-4-2-1-3-5-17/h1-12H,13-14H2,(H3,26,27)(H,32,33)(H3,25,28,29)/p+1. The number of amidine groups is 1. The Labute approximate surface area is 195 Å². The Morgan fingerprint density at radius 2 is 1.79 bits per heavy atom. The average Bonchev–Trinajstić information content (AvgIpc) is 3.25. The Bertz CT molecular complexity index is 1320. The van der Waals surface area contributed by atoms with Gasteiger partial charge in [-0.2, -0.15) is 5.10 Å². The van der Waals surface area contributed by atoms with Crippen LogP contribution in [-0.4, -0.2) is 31.7 Å². The summed E-state index contributed by atoms with van der Waals surface area (Å²) in [6.07, 6.45) is 1.60. The number of ether oxygens (including phenoxy) is 1. The van der Waals surface area contributed by atoms with Crippen LogP contribution in [0.2, 0.25) is 0 Å². The van der Waals surface area contributed by atoms with E-state index in [1.54, 1.807) is 18.3 Å². The fraction of sp³-hybridized carbons (Fsp3) is 0.0833. The molecule has 0 amide bonds. The SMILES string of the molecule is NC(=[NH2+])c1c(N)cc(NCc2ccn(CC(=O)O)n2)nc1-c1ccc(Oc2ccccc2)cc1. The fourth-order valence-electron chi connectivity index (χ4n) is 3.38. The van der Waals surface area contributed by atoms with Gasteiger partial charge in [-0.1, -0.05) is 18.2 Å². The van der Waals surface area contributed by atoms with Gasteiger partial charge >= 0.3 is 5.97 Å². The predicted octanol–water partition coefficient (Wildman–Crippen LogP) is 1.48. The molecule has 0 atom stereocenters. The third kappa shape index (κ3) is 5.30. The quantitative estimate of drug-likeness (QED) is 0.186. The van der Waals surface area contributed by atoms with E-state index in [0.717, 1.165) is 11.3 Å². The lowest BCUT2D eigenvalue weighted by molar-refractivity contribution is -0.137. The molecule has 4 rings (SSSR count). The van der Waals surface area contributed by atoms with Crippen molar-refractivity contribution in [2.75, 3.05) is 11.1 Å². The van der Waals surface area contributed by atoms with E-state index in [-0.39, 0.29) is 12.4 Å². The lowest BCUT2D eigenvalue weighted by atomic mass is 10.0. The zero-order valence-corrected chi connectivity index (χ0v) is 18.2. The van der Waals surface area contributed by atoms with Crippen molar-refractivity contribution >= 4 is 23.3 Å². The fourth-order valence-corrected chi connectivity index (χ4v) is 3.38. The normalized spacial score (nSPS) is 10.6. The lowest BCUT2D eigenvalue weighted by Gasteiger charge is -2.13. The van der Waals surface area contributed by atoms with Gasteiger partial charge in [-0.15, -0.1) is 0 Å². The lowest BCUT2D eigenvalue weighted by Crippen LogP contribution is -2.47. The molecule has 0 spiro atoms. The van der Waals surface area contributed by atoms with Gasteiger partial charge in [-0.25, -0.2) is 4.98 Å². The minimum atomic E-state index is -0.965. The number of benzene rings is 2. The number of pyridine rings is 1. The first-order chi connectivity index (χ1) is 16.4. The van der Waals surface area contributed by atoms with Crippen LogP contribution in [0.4, 0.5) is 11.5 Å². The number of aromatic nitrogens is 3. The second-order valence-electron chi connectivity index (χ2n) is 7.47. The van der Waals surface area contributed by atoms with Gasteiger partial charge in [0.25, 0.3) is 5.84 Å². The third-order valence-electron chi connectivity index (χ3n) is 4.89. The summed E-state index contributed by atoms with van der Waals surface area (Å²) in [6, 6.07) is 20.2. The van der Waals surface area contributed by atoms with Crippen molar-refractivity contribution in [2.45, 2.75) is 13.1 Å². The highest BCUT2D eigenvalue weighted by Gasteiger charge is 2.19. The van der Waals surface area contributed by atoms with Gasteiger partial charge in [-0.05, 0) is 42.5 Å². The highest BCUT2D eigenvalue weighted by Crippen LogP contribution is 2.30. The van der Waals surface area contributed by atoms with Crippen molar-refractivity contribution < 1.29 is 20.0 Å². The number of para-hydroxylation sites is 1. The van der Waals surface area contributed by atoms with Crippen LogP contribution >= 0.6 is 0 Å². The maximum Gasteiger partial charge on any atom is 0.325 e. The number of hydrogen-bond acceptors (Lipinski definition) is 6. The van der Waals surface area contributed by atoms with Crippen molar-refractivity contribution in [3.8, 4) is 22.8 Å². The first-order valence-electron chi connectivity index (χ1n) is 10.4. The topological polar surface area (TPSA) is 167 Å². The molecule has 10 heteroatoms. The van der Waals surface area contributed by atoms with E-state index in [1.165, 1.54) is 4.68 Å². The van der Waals surface area contributed by atoms with Crippen molar-refractivity contribution in [1.82, 2.24) is 14.8 Å². The maximum absolute atomic E-state index is 10.8. The van der Waals surface area contributed by atoms with Gasteiger partial charge in [0, 0.05) is 17.8 Å². The van der Waals surface area contributed by atoms with Crippen molar-refractivity contribution in [3.63, 3.8) is 0 Å². The number of nitrogen functional groups attached to an aromatic ring is 1. The molecule has 8 N–H and O–H groups in total. The number of rotatable bonds is 9. The van der Waals surface area contributed by atoms with E-state index in [2.05, 4.69) is 15.4 Å². The first kappa shape index (κ1) is 22.3. The molecule has 4 aromatic rings. The van der Waals surface area contributed by atoms with Gasteiger partial charge in [-0.3, -0.25) is 20.6 Å². The molecule has 34 heavy (non-hydrogen) atoms. The molecule has 10 nitrogen and oxygen atoms in total. The number of carboxylic acids is 1.